The Balaban J connectivity index is 0.000000263. The lowest BCUT2D eigenvalue weighted by atomic mass is 9.76. The van der Waals surface area contributed by atoms with E-state index in [2.05, 4.69) is 50.5 Å². The molecule has 0 heterocycles. The van der Waals surface area contributed by atoms with Crippen molar-refractivity contribution in [2.75, 3.05) is 5.43 Å². The fourth-order valence-electron chi connectivity index (χ4n) is 2.96. The number of hydrogen-bond donors (Lipinski definition) is 4. The van der Waals surface area contributed by atoms with Gasteiger partial charge in [-0.05, 0) is 56.9 Å². The predicted octanol–water partition coefficient (Wildman–Crippen LogP) is 4.63. The summed E-state index contributed by atoms with van der Waals surface area (Å²) >= 11 is 0. The maximum atomic E-state index is 9.79. The highest BCUT2D eigenvalue weighted by atomic mass is 16.3. The van der Waals surface area contributed by atoms with Gasteiger partial charge in [0.25, 0.3) is 0 Å². The zero-order valence-corrected chi connectivity index (χ0v) is 16.9. The van der Waals surface area contributed by atoms with Gasteiger partial charge >= 0.3 is 0 Å². The molecule has 0 bridgehead atoms. The van der Waals surface area contributed by atoms with Crippen molar-refractivity contribution in [1.29, 1.82) is 5.41 Å². The van der Waals surface area contributed by atoms with Crippen LogP contribution in [0, 0.1) is 26.2 Å². The summed E-state index contributed by atoms with van der Waals surface area (Å²) in [6.07, 6.45) is 1.95. The Morgan fingerprint density at radius 2 is 1.73 bits per heavy atom. The number of aryl methyl sites for hydroxylation is 3. The van der Waals surface area contributed by atoms with Gasteiger partial charge in [-0.1, -0.05) is 49.7 Å². The van der Waals surface area contributed by atoms with Gasteiger partial charge in [0.05, 0.1) is 11.8 Å². The lowest BCUT2D eigenvalue weighted by Crippen LogP contribution is -2.33. The first kappa shape index (κ1) is 21.9. The fourth-order valence-corrected chi connectivity index (χ4v) is 2.96. The zero-order valence-electron chi connectivity index (χ0n) is 16.9. The highest BCUT2D eigenvalue weighted by molar-refractivity contribution is 5.87. The minimum absolute atomic E-state index is 0.117. The molecule has 0 aromatic heterocycles. The van der Waals surface area contributed by atoms with Crippen molar-refractivity contribution >= 4 is 11.9 Å². The minimum atomic E-state index is -0.310. The lowest BCUT2D eigenvalue weighted by molar-refractivity contribution is 0.104. The van der Waals surface area contributed by atoms with E-state index in [1.807, 2.05) is 32.9 Å². The first-order chi connectivity index (χ1) is 12.2. The summed E-state index contributed by atoms with van der Waals surface area (Å²) in [5.41, 5.74) is 8.81. The topological polar surface area (TPSA) is 82.1 Å². The van der Waals surface area contributed by atoms with Crippen LogP contribution in [0.3, 0.4) is 0 Å². The van der Waals surface area contributed by atoms with Crippen molar-refractivity contribution < 1.29 is 5.11 Å². The van der Waals surface area contributed by atoms with Crippen LogP contribution in [0.2, 0.25) is 0 Å². The van der Waals surface area contributed by atoms with E-state index in [4.69, 9.17) is 11.3 Å². The normalized spacial score (nSPS) is 13.8. The smallest absolute Gasteiger partial charge is 0.0605 e. The molecule has 0 saturated heterocycles. The van der Waals surface area contributed by atoms with E-state index < -0.39 is 0 Å². The molecule has 0 spiro atoms. The average molecular weight is 356 g/mol. The first-order valence-electron chi connectivity index (χ1n) is 9.03. The Bertz CT molecular complexity index is 723. The number of hydrogen-bond acceptors (Lipinski definition) is 4. The van der Waals surface area contributed by atoms with E-state index in [1.165, 1.54) is 17.3 Å². The summed E-state index contributed by atoms with van der Waals surface area (Å²) in [6.45, 7) is 12.1. The number of aliphatic hydroxyl groups excluding tert-OH is 1. The largest absolute Gasteiger partial charge is 0.393 e. The number of anilines is 1. The van der Waals surface area contributed by atoms with Crippen LogP contribution >= 0.6 is 0 Å². The standard InChI is InChI=1S/C13H20O.C9H13N3/c1-5-13(4,11(3)14)12-8-6-10(2)7-9-12;1-6-3-7(2)8(5-10)9(4-6)12-11/h6-9,11,14H,5H2,1-4H3;3-5,10,12H,11H2,1-2H3. The van der Waals surface area contributed by atoms with Crippen molar-refractivity contribution in [3.05, 3.63) is 64.2 Å². The van der Waals surface area contributed by atoms with Crippen molar-refractivity contribution in [1.82, 2.24) is 0 Å². The third-order valence-corrected chi connectivity index (χ3v) is 5.20. The highest BCUT2D eigenvalue weighted by Crippen LogP contribution is 2.31. The molecule has 0 amide bonds. The monoisotopic (exact) mass is 355 g/mol. The zero-order chi connectivity index (χ0) is 19.9. The summed E-state index contributed by atoms with van der Waals surface area (Å²) in [5, 5.41) is 17.0. The van der Waals surface area contributed by atoms with Gasteiger partial charge in [0.2, 0.25) is 0 Å². The predicted molar refractivity (Wildman–Crippen MR) is 112 cm³/mol. The van der Waals surface area contributed by atoms with E-state index in [9.17, 15) is 5.11 Å². The summed E-state index contributed by atoms with van der Waals surface area (Å²) in [6, 6.07) is 12.4. The van der Waals surface area contributed by atoms with Crippen LogP contribution in [0.15, 0.2) is 36.4 Å². The first-order valence-corrected chi connectivity index (χ1v) is 9.03. The summed E-state index contributed by atoms with van der Waals surface area (Å²) in [7, 11) is 0. The Labute approximate surface area is 157 Å². The molecule has 2 aromatic rings. The Morgan fingerprint density at radius 1 is 1.15 bits per heavy atom. The van der Waals surface area contributed by atoms with Gasteiger partial charge in [-0.3, -0.25) is 5.84 Å². The molecule has 2 unspecified atom stereocenters. The van der Waals surface area contributed by atoms with Crippen LogP contribution in [0.25, 0.3) is 0 Å². The second-order valence-electron chi connectivity index (χ2n) is 7.14. The van der Waals surface area contributed by atoms with Gasteiger partial charge in [0.15, 0.2) is 0 Å². The minimum Gasteiger partial charge on any atom is -0.393 e. The molecule has 2 rings (SSSR count). The van der Waals surface area contributed by atoms with E-state index in [0.717, 1.165) is 28.8 Å². The molecule has 0 aliphatic heterocycles. The quantitative estimate of drug-likeness (QED) is 0.358. The van der Waals surface area contributed by atoms with Crippen LogP contribution in [-0.4, -0.2) is 17.4 Å². The molecule has 0 fully saturated rings. The number of benzene rings is 2. The molecule has 142 valence electrons. The molecule has 5 N–H and O–H groups in total. The van der Waals surface area contributed by atoms with E-state index in [1.54, 1.807) is 0 Å². The third kappa shape index (κ3) is 5.16. The maximum Gasteiger partial charge on any atom is 0.0605 e. The number of nitrogen functional groups attached to an aromatic ring is 1. The van der Waals surface area contributed by atoms with E-state index in [0.29, 0.717) is 0 Å². The van der Waals surface area contributed by atoms with Crippen LogP contribution in [-0.2, 0) is 5.41 Å². The highest BCUT2D eigenvalue weighted by Gasteiger charge is 2.29. The SMILES string of the molecule is CCC(C)(c1ccc(C)cc1)C(C)O.Cc1cc(C)c(C=N)c(NN)c1. The van der Waals surface area contributed by atoms with Gasteiger partial charge in [-0.25, -0.2) is 0 Å². The number of nitrogens with two attached hydrogens (primary N) is 1. The molecular weight excluding hydrogens is 322 g/mol. The van der Waals surface area contributed by atoms with Crippen LogP contribution in [0.1, 0.15) is 55.0 Å². The summed E-state index contributed by atoms with van der Waals surface area (Å²) < 4.78 is 0. The summed E-state index contributed by atoms with van der Waals surface area (Å²) in [4.78, 5) is 0. The number of nitrogens with one attached hydrogen (secondary N) is 2. The average Bonchev–Trinajstić information content (AvgIpc) is 2.61. The Hall–Kier alpha value is -2.17. The molecule has 0 aliphatic rings. The van der Waals surface area contributed by atoms with Crippen molar-refractivity contribution in [2.24, 2.45) is 5.84 Å². The van der Waals surface area contributed by atoms with E-state index >= 15 is 0 Å². The molecule has 26 heavy (non-hydrogen) atoms. The molecule has 4 heteroatoms. The van der Waals surface area contributed by atoms with Gasteiger partial charge in [0, 0.05) is 17.2 Å². The number of aliphatic hydroxyl groups is 1. The fraction of sp³-hybridized carbons (Fsp3) is 0.409. The Morgan fingerprint density at radius 3 is 2.15 bits per heavy atom. The lowest BCUT2D eigenvalue weighted by Gasteiger charge is -2.32. The van der Waals surface area contributed by atoms with Gasteiger partial charge in [-0.15, -0.1) is 0 Å². The maximum absolute atomic E-state index is 9.79. The van der Waals surface area contributed by atoms with E-state index in [-0.39, 0.29) is 11.5 Å². The third-order valence-electron chi connectivity index (χ3n) is 5.20. The van der Waals surface area contributed by atoms with Gasteiger partial charge in [0.1, 0.15) is 0 Å². The van der Waals surface area contributed by atoms with Crippen LogP contribution in [0.5, 0.6) is 0 Å². The van der Waals surface area contributed by atoms with Crippen LogP contribution in [0.4, 0.5) is 5.69 Å². The van der Waals surface area contributed by atoms with Gasteiger partial charge in [-0.2, -0.15) is 0 Å². The van der Waals surface area contributed by atoms with Crippen molar-refractivity contribution in [2.45, 2.75) is 59.5 Å². The molecule has 0 saturated carbocycles. The molecule has 2 aromatic carbocycles. The number of hydrazine groups is 1. The molecule has 0 aliphatic carbocycles. The van der Waals surface area contributed by atoms with Crippen LogP contribution < -0.4 is 11.3 Å². The molecule has 0 radical (unpaired) electrons. The van der Waals surface area contributed by atoms with Crippen molar-refractivity contribution in [3.8, 4) is 0 Å². The summed E-state index contributed by atoms with van der Waals surface area (Å²) in [5.74, 6) is 5.31. The second-order valence-corrected chi connectivity index (χ2v) is 7.14. The van der Waals surface area contributed by atoms with Crippen molar-refractivity contribution in [3.63, 3.8) is 0 Å². The molecule has 4 nitrogen and oxygen atoms in total. The Kier molecular flexibility index (Phi) is 8.00. The number of rotatable bonds is 5. The molecular formula is C22H33N3O. The molecule has 2 atom stereocenters. The van der Waals surface area contributed by atoms with Gasteiger partial charge < -0.3 is 15.9 Å². The second kappa shape index (κ2) is 9.51.